The van der Waals surface area contributed by atoms with Crippen LogP contribution in [0.1, 0.15) is 58.1 Å². The normalized spacial score (nSPS) is 12.9. The number of unbranched alkanes of at least 4 members (excludes halogenated alkanes) is 2. The Hall–Kier alpha value is -3.15. The van der Waals surface area contributed by atoms with Crippen molar-refractivity contribution >= 4 is 24.0 Å². The fourth-order valence-electron chi connectivity index (χ4n) is 4.23. The molecule has 3 rings (SSSR count). The number of amides is 2. The highest BCUT2D eigenvalue weighted by molar-refractivity contribution is 5.94. The van der Waals surface area contributed by atoms with Crippen molar-refractivity contribution in [3.63, 3.8) is 0 Å². The molecule has 6 heteroatoms. The lowest BCUT2D eigenvalue weighted by molar-refractivity contribution is -0.116. The minimum absolute atomic E-state index is 0.0780. The molecule has 0 aliphatic carbocycles. The van der Waals surface area contributed by atoms with Crippen LogP contribution < -0.4 is 4.90 Å². The zero-order valence-corrected chi connectivity index (χ0v) is 20.8. The van der Waals surface area contributed by atoms with Gasteiger partial charge in [-0.2, -0.15) is 0 Å². The lowest BCUT2D eigenvalue weighted by Crippen LogP contribution is -2.38. The lowest BCUT2D eigenvalue weighted by Gasteiger charge is -2.27. The van der Waals surface area contributed by atoms with Crippen LogP contribution in [-0.4, -0.2) is 48.4 Å². The van der Waals surface area contributed by atoms with Crippen molar-refractivity contribution in [1.82, 2.24) is 4.90 Å². The van der Waals surface area contributed by atoms with Crippen molar-refractivity contribution in [1.29, 1.82) is 0 Å². The Bertz CT molecular complexity index is 1030. The van der Waals surface area contributed by atoms with Gasteiger partial charge in [0.1, 0.15) is 11.9 Å². The maximum absolute atomic E-state index is 12.7. The molecule has 0 saturated carbocycles. The van der Waals surface area contributed by atoms with Crippen molar-refractivity contribution in [2.24, 2.45) is 0 Å². The average molecular weight is 465 g/mol. The van der Waals surface area contributed by atoms with Gasteiger partial charge in [0.15, 0.2) is 0 Å². The van der Waals surface area contributed by atoms with Gasteiger partial charge in [-0.15, -0.1) is 0 Å². The van der Waals surface area contributed by atoms with E-state index in [9.17, 15) is 14.4 Å². The number of aldehydes is 1. The van der Waals surface area contributed by atoms with E-state index in [-0.39, 0.29) is 12.0 Å². The molecule has 0 aromatic heterocycles. The van der Waals surface area contributed by atoms with Gasteiger partial charge in [-0.25, -0.2) is 4.79 Å². The smallest absolute Gasteiger partial charge is 0.410 e. The molecule has 0 N–H and O–H groups in total. The number of hydrogen-bond acceptors (Lipinski definition) is 4. The first kappa shape index (κ1) is 25.5. The van der Waals surface area contributed by atoms with E-state index in [0.29, 0.717) is 25.9 Å². The van der Waals surface area contributed by atoms with Crippen molar-refractivity contribution in [2.45, 2.75) is 65.4 Å². The van der Waals surface area contributed by atoms with E-state index in [1.54, 1.807) is 11.8 Å². The van der Waals surface area contributed by atoms with Crippen LogP contribution in [0, 0.1) is 0 Å². The summed E-state index contributed by atoms with van der Waals surface area (Å²) < 4.78 is 5.60. The molecule has 1 heterocycles. The zero-order valence-electron chi connectivity index (χ0n) is 20.8. The fourth-order valence-corrected chi connectivity index (χ4v) is 4.23. The Labute approximate surface area is 202 Å². The summed E-state index contributed by atoms with van der Waals surface area (Å²) in [6.45, 7) is 9.07. The molecule has 0 bridgehead atoms. The maximum Gasteiger partial charge on any atom is 0.410 e. The molecule has 34 heavy (non-hydrogen) atoms. The molecule has 0 radical (unpaired) electrons. The molecule has 0 spiro atoms. The topological polar surface area (TPSA) is 66.9 Å². The van der Waals surface area contributed by atoms with Crippen LogP contribution in [0.15, 0.2) is 42.5 Å². The Morgan fingerprint density at radius 3 is 2.53 bits per heavy atom. The molecule has 0 atom stereocenters. The second kappa shape index (κ2) is 11.3. The number of ether oxygens (including phenoxy) is 1. The minimum Gasteiger partial charge on any atom is -0.444 e. The van der Waals surface area contributed by atoms with E-state index in [1.807, 2.05) is 37.8 Å². The molecular formula is C28H36N2O4. The van der Waals surface area contributed by atoms with Gasteiger partial charge in [-0.3, -0.25) is 4.79 Å². The van der Waals surface area contributed by atoms with E-state index in [2.05, 4.69) is 30.3 Å². The van der Waals surface area contributed by atoms with Gasteiger partial charge in [0.25, 0.3) is 0 Å². The number of fused-ring (bicyclic) bond motifs is 1. The zero-order chi connectivity index (χ0) is 24.7. The number of nitrogens with zero attached hydrogens (tertiary/aromatic N) is 2. The highest BCUT2D eigenvalue weighted by atomic mass is 16.6. The van der Waals surface area contributed by atoms with Gasteiger partial charge in [0, 0.05) is 38.7 Å². The summed E-state index contributed by atoms with van der Waals surface area (Å²) in [5.74, 6) is 0.0780. The molecular weight excluding hydrogens is 428 g/mol. The fraction of sp³-hybridized carbons (Fsp3) is 0.464. The van der Waals surface area contributed by atoms with Crippen LogP contribution >= 0.6 is 0 Å². The summed E-state index contributed by atoms with van der Waals surface area (Å²) in [4.78, 5) is 38.7. The van der Waals surface area contributed by atoms with Crippen LogP contribution in [-0.2, 0) is 27.2 Å². The van der Waals surface area contributed by atoms with Crippen LogP contribution in [0.5, 0.6) is 0 Å². The third kappa shape index (κ3) is 6.92. The highest BCUT2D eigenvalue weighted by Crippen LogP contribution is 2.32. The van der Waals surface area contributed by atoms with Crippen LogP contribution in [0.4, 0.5) is 10.5 Å². The molecule has 2 aromatic rings. The summed E-state index contributed by atoms with van der Waals surface area (Å²) in [6.07, 6.45) is 4.22. The Balaban J connectivity index is 1.70. The number of carbonyl (C=O) groups excluding carboxylic acids is 3. The molecule has 1 aliphatic rings. The van der Waals surface area contributed by atoms with Crippen molar-refractivity contribution in [3.05, 3.63) is 53.6 Å². The Kier molecular flexibility index (Phi) is 8.48. The molecule has 6 nitrogen and oxygen atoms in total. The van der Waals surface area contributed by atoms with Crippen LogP contribution in [0.3, 0.4) is 0 Å². The van der Waals surface area contributed by atoms with Crippen molar-refractivity contribution in [2.75, 3.05) is 24.5 Å². The quantitative estimate of drug-likeness (QED) is 0.368. The van der Waals surface area contributed by atoms with E-state index in [1.165, 1.54) is 5.56 Å². The summed E-state index contributed by atoms with van der Waals surface area (Å²) in [5, 5.41) is 0. The van der Waals surface area contributed by atoms with Gasteiger partial charge >= 0.3 is 6.09 Å². The summed E-state index contributed by atoms with van der Waals surface area (Å²) >= 11 is 0. The van der Waals surface area contributed by atoms with Crippen LogP contribution in [0.2, 0.25) is 0 Å². The molecule has 0 unspecified atom stereocenters. The monoisotopic (exact) mass is 464 g/mol. The lowest BCUT2D eigenvalue weighted by atomic mass is 9.99. The number of rotatable bonds is 9. The highest BCUT2D eigenvalue weighted by Gasteiger charge is 2.23. The van der Waals surface area contributed by atoms with E-state index in [0.717, 1.165) is 54.5 Å². The average Bonchev–Trinajstić information content (AvgIpc) is 3.21. The van der Waals surface area contributed by atoms with Gasteiger partial charge in [-0.05, 0) is 80.8 Å². The van der Waals surface area contributed by atoms with Gasteiger partial charge in [0.05, 0.1) is 0 Å². The second-order valence-electron chi connectivity index (χ2n) is 9.84. The third-order valence-electron chi connectivity index (χ3n) is 5.94. The first-order valence-electron chi connectivity index (χ1n) is 12.1. The predicted octanol–water partition coefficient (Wildman–Crippen LogP) is 5.41. The van der Waals surface area contributed by atoms with Gasteiger partial charge < -0.3 is 19.3 Å². The van der Waals surface area contributed by atoms with Gasteiger partial charge in [-0.1, -0.05) is 30.3 Å². The summed E-state index contributed by atoms with van der Waals surface area (Å²) in [7, 11) is 0. The van der Waals surface area contributed by atoms with E-state index in [4.69, 9.17) is 4.74 Å². The number of hydrogen-bond donors (Lipinski definition) is 0. The Morgan fingerprint density at radius 2 is 1.82 bits per heavy atom. The summed E-state index contributed by atoms with van der Waals surface area (Å²) in [6, 6.07) is 14.7. The first-order chi connectivity index (χ1) is 16.2. The van der Waals surface area contributed by atoms with Crippen molar-refractivity contribution < 1.29 is 19.1 Å². The van der Waals surface area contributed by atoms with Gasteiger partial charge in [0.2, 0.25) is 5.91 Å². The van der Waals surface area contributed by atoms with Crippen molar-refractivity contribution in [3.8, 4) is 11.1 Å². The first-order valence-corrected chi connectivity index (χ1v) is 12.1. The third-order valence-corrected chi connectivity index (χ3v) is 5.94. The largest absolute Gasteiger partial charge is 0.444 e. The predicted molar refractivity (Wildman–Crippen MR) is 135 cm³/mol. The number of carbonyl (C=O) groups is 3. The maximum atomic E-state index is 12.7. The molecule has 2 amide bonds. The van der Waals surface area contributed by atoms with Crippen LogP contribution in [0.25, 0.3) is 11.1 Å². The minimum atomic E-state index is -0.552. The van der Waals surface area contributed by atoms with E-state index >= 15 is 0 Å². The van der Waals surface area contributed by atoms with E-state index < -0.39 is 5.60 Å². The number of benzene rings is 2. The standard InChI is InChI=1S/C28H36N2O4/c1-21(32)30-17-14-25-20-24(11-12-26(25)30)23-10-8-9-22(19-23)13-16-29(15-6-5-7-18-31)27(33)34-28(2,3)4/h8-12,18-20H,5-7,13-17H2,1-4H3. The second-order valence-corrected chi connectivity index (χ2v) is 9.84. The number of anilines is 1. The Morgan fingerprint density at radius 1 is 1.06 bits per heavy atom. The molecule has 2 aromatic carbocycles. The SMILES string of the molecule is CC(=O)N1CCc2cc(-c3cccc(CCN(CCCCC=O)C(=O)OC(C)(C)C)c3)ccc21. The molecule has 182 valence electrons. The molecule has 0 saturated heterocycles. The summed E-state index contributed by atoms with van der Waals surface area (Å²) in [5.41, 5.74) is 5.05. The molecule has 0 fully saturated rings. The molecule has 1 aliphatic heterocycles.